The molecule has 0 saturated carbocycles. The Kier molecular flexibility index (Phi) is 5.12. The van der Waals surface area contributed by atoms with Gasteiger partial charge in [0.05, 0.1) is 12.0 Å². The Balaban J connectivity index is 1.85. The Labute approximate surface area is 151 Å². The highest BCUT2D eigenvalue weighted by Crippen LogP contribution is 2.24. The summed E-state index contributed by atoms with van der Waals surface area (Å²) in [4.78, 5) is 1.04. The largest absolute Gasteiger partial charge is 0.467 e. The minimum atomic E-state index is -3.56. The second-order valence-electron chi connectivity index (χ2n) is 5.83. The number of nitrogens with one attached hydrogen (secondary N) is 1. The van der Waals surface area contributed by atoms with Crippen LogP contribution >= 0.6 is 11.3 Å². The Morgan fingerprint density at radius 2 is 2.12 bits per heavy atom. The lowest BCUT2D eigenvalue weighted by molar-refractivity contribution is 0.397. The highest BCUT2D eigenvalue weighted by Gasteiger charge is 2.24. The van der Waals surface area contributed by atoms with Gasteiger partial charge in [0.15, 0.2) is 0 Å². The van der Waals surface area contributed by atoms with E-state index in [2.05, 4.69) is 9.82 Å². The first kappa shape index (κ1) is 17.9. The molecule has 1 atom stereocenters. The van der Waals surface area contributed by atoms with E-state index >= 15 is 0 Å². The summed E-state index contributed by atoms with van der Waals surface area (Å²) in [6.45, 7) is 6.02. The van der Waals surface area contributed by atoms with Crippen LogP contribution in [0.5, 0.6) is 0 Å². The van der Waals surface area contributed by atoms with Crippen molar-refractivity contribution in [1.29, 1.82) is 0 Å². The molecule has 3 aromatic rings. The molecule has 1 N–H and O–H groups in total. The van der Waals surface area contributed by atoms with Gasteiger partial charge in [-0.2, -0.15) is 5.10 Å². The zero-order chi connectivity index (χ0) is 18.0. The number of furan rings is 1. The number of sulfonamides is 1. The molecule has 0 amide bonds. The molecule has 3 rings (SSSR count). The van der Waals surface area contributed by atoms with Crippen molar-refractivity contribution in [3.8, 4) is 0 Å². The van der Waals surface area contributed by atoms with Crippen LogP contribution in [0.25, 0.3) is 0 Å². The average molecular weight is 380 g/mol. The van der Waals surface area contributed by atoms with Gasteiger partial charge in [-0.05, 0) is 50.6 Å². The van der Waals surface area contributed by atoms with Crippen LogP contribution in [0.15, 0.2) is 45.2 Å². The second kappa shape index (κ2) is 7.15. The van der Waals surface area contributed by atoms with Crippen LogP contribution in [0.2, 0.25) is 0 Å². The van der Waals surface area contributed by atoms with E-state index in [9.17, 15) is 8.42 Å². The molecule has 8 heteroatoms. The lowest BCUT2D eigenvalue weighted by Gasteiger charge is -2.17. The van der Waals surface area contributed by atoms with Crippen LogP contribution in [0.1, 0.15) is 35.0 Å². The van der Waals surface area contributed by atoms with Crippen molar-refractivity contribution < 1.29 is 12.8 Å². The smallest absolute Gasteiger partial charge is 0.250 e. The van der Waals surface area contributed by atoms with Gasteiger partial charge in [0.25, 0.3) is 0 Å². The third kappa shape index (κ3) is 3.86. The van der Waals surface area contributed by atoms with Gasteiger partial charge in [-0.3, -0.25) is 4.68 Å². The van der Waals surface area contributed by atoms with Gasteiger partial charge in [0.1, 0.15) is 16.0 Å². The molecule has 0 fully saturated rings. The summed E-state index contributed by atoms with van der Waals surface area (Å²) in [5.41, 5.74) is 1.82. The van der Waals surface area contributed by atoms with E-state index in [0.717, 1.165) is 22.7 Å². The van der Waals surface area contributed by atoms with E-state index in [1.54, 1.807) is 23.1 Å². The van der Waals surface area contributed by atoms with Gasteiger partial charge in [0, 0.05) is 17.1 Å². The minimum absolute atomic E-state index is 0.164. The van der Waals surface area contributed by atoms with Gasteiger partial charge >= 0.3 is 0 Å². The molecule has 0 bridgehead atoms. The predicted molar refractivity (Wildman–Crippen MR) is 97.4 cm³/mol. The standard InChI is InChI=1S/C17H21N3O3S2/c1-4-14-7-8-17(24-14)25(21,22)18-11-15(16-6-5-9-23-16)20-13(3)10-12(2)19-20/h5-10,15,18H,4,11H2,1-3H3. The van der Waals surface area contributed by atoms with E-state index in [-0.39, 0.29) is 12.6 Å². The molecule has 25 heavy (non-hydrogen) atoms. The number of thiophene rings is 1. The maximum Gasteiger partial charge on any atom is 0.250 e. The van der Waals surface area contributed by atoms with Crippen molar-refractivity contribution in [3.63, 3.8) is 0 Å². The summed E-state index contributed by atoms with van der Waals surface area (Å²) in [6, 6.07) is 8.73. The van der Waals surface area contributed by atoms with Crippen molar-refractivity contribution in [1.82, 2.24) is 14.5 Å². The van der Waals surface area contributed by atoms with E-state index in [0.29, 0.717) is 9.97 Å². The van der Waals surface area contributed by atoms with E-state index in [1.165, 1.54) is 11.3 Å². The van der Waals surface area contributed by atoms with Crippen molar-refractivity contribution in [3.05, 3.63) is 58.6 Å². The zero-order valence-corrected chi connectivity index (χ0v) is 16.0. The van der Waals surface area contributed by atoms with E-state index in [1.807, 2.05) is 39.0 Å². The summed E-state index contributed by atoms with van der Waals surface area (Å²) in [7, 11) is -3.56. The highest BCUT2D eigenvalue weighted by molar-refractivity contribution is 7.91. The van der Waals surface area contributed by atoms with Crippen LogP contribution in [0.3, 0.4) is 0 Å². The molecule has 3 aromatic heterocycles. The van der Waals surface area contributed by atoms with Gasteiger partial charge < -0.3 is 4.42 Å². The van der Waals surface area contributed by atoms with Crippen LogP contribution in [0, 0.1) is 13.8 Å². The number of nitrogens with zero attached hydrogens (tertiary/aromatic N) is 2. The van der Waals surface area contributed by atoms with Crippen molar-refractivity contribution >= 4 is 21.4 Å². The quantitative estimate of drug-likeness (QED) is 0.683. The third-order valence-corrected chi connectivity index (χ3v) is 7.07. The molecule has 0 aromatic carbocycles. The molecule has 0 aliphatic heterocycles. The first-order chi connectivity index (χ1) is 11.9. The summed E-state index contributed by atoms with van der Waals surface area (Å²) in [5, 5.41) is 4.48. The molecular formula is C17H21N3O3S2. The summed E-state index contributed by atoms with van der Waals surface area (Å²) in [5.74, 6) is 0.661. The second-order valence-corrected chi connectivity index (χ2v) is 8.99. The molecule has 134 valence electrons. The fraction of sp³-hybridized carbons (Fsp3) is 0.353. The molecule has 0 spiro atoms. The first-order valence-corrected chi connectivity index (χ1v) is 10.3. The number of aryl methyl sites for hydroxylation is 3. The minimum Gasteiger partial charge on any atom is -0.467 e. The van der Waals surface area contributed by atoms with Crippen molar-refractivity contribution in [2.24, 2.45) is 0 Å². The Hall–Kier alpha value is -1.90. The van der Waals surface area contributed by atoms with Crippen LogP contribution in [-0.2, 0) is 16.4 Å². The van der Waals surface area contributed by atoms with Gasteiger partial charge in [-0.1, -0.05) is 6.92 Å². The normalized spacial score (nSPS) is 13.2. The maximum atomic E-state index is 12.6. The number of hydrogen-bond donors (Lipinski definition) is 1. The van der Waals surface area contributed by atoms with Crippen LogP contribution in [-0.4, -0.2) is 24.7 Å². The molecule has 0 aliphatic rings. The zero-order valence-electron chi connectivity index (χ0n) is 14.4. The molecule has 3 heterocycles. The highest BCUT2D eigenvalue weighted by atomic mass is 32.2. The summed E-state index contributed by atoms with van der Waals surface area (Å²) in [6.07, 6.45) is 2.40. The topological polar surface area (TPSA) is 77.1 Å². The van der Waals surface area contributed by atoms with Crippen molar-refractivity contribution in [2.45, 2.75) is 37.4 Å². The molecule has 0 radical (unpaired) electrons. The van der Waals surface area contributed by atoms with E-state index < -0.39 is 10.0 Å². The third-order valence-electron chi connectivity index (χ3n) is 3.93. The summed E-state index contributed by atoms with van der Waals surface area (Å²) >= 11 is 1.30. The van der Waals surface area contributed by atoms with E-state index in [4.69, 9.17) is 4.42 Å². The Bertz CT molecular complexity index is 940. The Morgan fingerprint density at radius 3 is 2.68 bits per heavy atom. The molecule has 0 aliphatic carbocycles. The lowest BCUT2D eigenvalue weighted by atomic mass is 10.2. The lowest BCUT2D eigenvalue weighted by Crippen LogP contribution is -2.31. The van der Waals surface area contributed by atoms with Crippen LogP contribution < -0.4 is 4.72 Å². The monoisotopic (exact) mass is 379 g/mol. The van der Waals surface area contributed by atoms with Gasteiger partial charge in [0.2, 0.25) is 10.0 Å². The molecule has 0 saturated heterocycles. The van der Waals surface area contributed by atoms with Crippen molar-refractivity contribution in [2.75, 3.05) is 6.54 Å². The number of hydrogen-bond acceptors (Lipinski definition) is 5. The average Bonchev–Trinajstić information content (AvgIpc) is 3.29. The SMILES string of the molecule is CCc1ccc(S(=O)(=O)NCC(c2ccco2)n2nc(C)cc2C)s1. The van der Waals surface area contributed by atoms with Crippen LogP contribution in [0.4, 0.5) is 0 Å². The fourth-order valence-corrected chi connectivity index (χ4v) is 5.08. The molecule has 6 nitrogen and oxygen atoms in total. The predicted octanol–water partition coefficient (Wildman–Crippen LogP) is 3.28. The Morgan fingerprint density at radius 1 is 1.32 bits per heavy atom. The van der Waals surface area contributed by atoms with Gasteiger partial charge in [-0.25, -0.2) is 13.1 Å². The molecule has 1 unspecified atom stereocenters. The molecular weight excluding hydrogens is 358 g/mol. The number of rotatable bonds is 7. The maximum absolute atomic E-state index is 12.6. The van der Waals surface area contributed by atoms with Gasteiger partial charge in [-0.15, -0.1) is 11.3 Å². The summed E-state index contributed by atoms with van der Waals surface area (Å²) < 4.78 is 35.5. The fourth-order valence-electron chi connectivity index (χ4n) is 2.70. The first-order valence-electron chi connectivity index (χ1n) is 8.05. The number of aromatic nitrogens is 2.